The number of amides is 1. The number of hydrogen-bond donors (Lipinski definition) is 2. The highest BCUT2D eigenvalue weighted by atomic mass is 35.5. The van der Waals surface area contributed by atoms with Crippen molar-refractivity contribution in [3.63, 3.8) is 0 Å². The topological polar surface area (TPSA) is 55.1 Å². The van der Waals surface area contributed by atoms with Crippen molar-refractivity contribution in [3.8, 4) is 0 Å². The second kappa shape index (κ2) is 7.62. The van der Waals surface area contributed by atoms with E-state index in [1.54, 1.807) is 0 Å². The van der Waals surface area contributed by atoms with E-state index in [-0.39, 0.29) is 30.2 Å². The van der Waals surface area contributed by atoms with Crippen LogP contribution >= 0.6 is 12.4 Å². The Morgan fingerprint density at radius 2 is 1.88 bits per heavy atom. The zero-order valence-electron chi connectivity index (χ0n) is 13.0. The lowest BCUT2D eigenvalue weighted by atomic mass is 10.1. The second-order valence-electron chi connectivity index (χ2n) is 5.90. The number of carbonyl (C=O) groups is 1. The third-order valence-electron chi connectivity index (χ3n) is 4.18. The number of rotatable bonds is 5. The van der Waals surface area contributed by atoms with Crippen LogP contribution in [0.2, 0.25) is 0 Å². The molecule has 0 radical (unpaired) electrons. The van der Waals surface area contributed by atoms with Gasteiger partial charge in [-0.3, -0.25) is 4.79 Å². The Morgan fingerprint density at radius 3 is 2.54 bits per heavy atom. The van der Waals surface area contributed by atoms with Crippen molar-refractivity contribution in [1.82, 2.24) is 5.32 Å². The molecule has 2 atom stereocenters. The molecule has 3 N–H and O–H groups in total. The normalized spacial score (nSPS) is 18.6. The van der Waals surface area contributed by atoms with E-state index >= 15 is 0 Å². The number of anilines is 1. The molecule has 1 amide bonds. The average molecular weight is 353 g/mol. The van der Waals surface area contributed by atoms with Gasteiger partial charge in [0.25, 0.3) is 0 Å². The van der Waals surface area contributed by atoms with Gasteiger partial charge in [0.2, 0.25) is 5.91 Å². The third-order valence-corrected chi connectivity index (χ3v) is 4.18. The summed E-state index contributed by atoms with van der Waals surface area (Å²) >= 11 is 0. The van der Waals surface area contributed by atoms with E-state index in [0.29, 0.717) is 30.6 Å². The lowest BCUT2D eigenvalue weighted by molar-refractivity contribution is -0.122. The van der Waals surface area contributed by atoms with Crippen LogP contribution in [-0.4, -0.2) is 12.5 Å². The standard InChI is InChI=1S/C18H18F2N2O.ClH/c19-12-3-6-14(17(20)9-12)15-10-16(15)18(23)22-8-7-11-1-4-13(21)5-2-11;/h1-6,9,15-16H,7-8,10,21H2,(H,22,23);1H. The monoisotopic (exact) mass is 352 g/mol. The summed E-state index contributed by atoms with van der Waals surface area (Å²) in [5.41, 5.74) is 7.84. The van der Waals surface area contributed by atoms with Crippen LogP contribution in [-0.2, 0) is 11.2 Å². The first-order valence-corrected chi connectivity index (χ1v) is 7.61. The highest BCUT2D eigenvalue weighted by Gasteiger charge is 2.45. The van der Waals surface area contributed by atoms with Crippen molar-refractivity contribution in [1.29, 1.82) is 0 Å². The number of halogens is 3. The Bertz CT molecular complexity index is 721. The van der Waals surface area contributed by atoms with Crippen LogP contribution in [0.15, 0.2) is 42.5 Å². The van der Waals surface area contributed by atoms with Crippen LogP contribution < -0.4 is 11.1 Å². The van der Waals surface area contributed by atoms with Gasteiger partial charge in [-0.15, -0.1) is 12.4 Å². The van der Waals surface area contributed by atoms with E-state index in [4.69, 9.17) is 5.73 Å². The predicted molar refractivity (Wildman–Crippen MR) is 92.0 cm³/mol. The molecule has 1 aliphatic rings. The fourth-order valence-electron chi connectivity index (χ4n) is 2.78. The lowest BCUT2D eigenvalue weighted by Gasteiger charge is -2.06. The van der Waals surface area contributed by atoms with Gasteiger partial charge in [0.15, 0.2) is 0 Å². The van der Waals surface area contributed by atoms with E-state index in [1.165, 1.54) is 12.1 Å². The molecule has 24 heavy (non-hydrogen) atoms. The summed E-state index contributed by atoms with van der Waals surface area (Å²) < 4.78 is 26.6. The van der Waals surface area contributed by atoms with Gasteiger partial charge in [0.1, 0.15) is 11.6 Å². The number of hydrogen-bond acceptors (Lipinski definition) is 2. The Labute approximate surface area is 145 Å². The zero-order valence-corrected chi connectivity index (χ0v) is 13.8. The van der Waals surface area contributed by atoms with Gasteiger partial charge in [-0.1, -0.05) is 18.2 Å². The molecule has 2 aromatic rings. The van der Waals surface area contributed by atoms with E-state index in [9.17, 15) is 13.6 Å². The molecule has 3 nitrogen and oxygen atoms in total. The molecule has 1 saturated carbocycles. The molecule has 0 spiro atoms. The first kappa shape index (κ1) is 18.2. The van der Waals surface area contributed by atoms with Gasteiger partial charge >= 0.3 is 0 Å². The smallest absolute Gasteiger partial charge is 0.223 e. The molecule has 128 valence electrons. The SMILES string of the molecule is Cl.Nc1ccc(CCNC(=O)C2CC2c2ccc(F)cc2F)cc1. The van der Waals surface area contributed by atoms with E-state index in [0.717, 1.165) is 11.6 Å². The van der Waals surface area contributed by atoms with Crippen LogP contribution in [0, 0.1) is 17.6 Å². The van der Waals surface area contributed by atoms with E-state index < -0.39 is 11.6 Å². The van der Waals surface area contributed by atoms with Crippen LogP contribution in [0.25, 0.3) is 0 Å². The van der Waals surface area contributed by atoms with Crippen molar-refractivity contribution >= 4 is 24.0 Å². The summed E-state index contributed by atoms with van der Waals surface area (Å²) in [4.78, 5) is 12.1. The Morgan fingerprint density at radius 1 is 1.17 bits per heavy atom. The summed E-state index contributed by atoms with van der Waals surface area (Å²) in [6.45, 7) is 0.526. The highest BCUT2D eigenvalue weighted by Crippen LogP contribution is 2.48. The molecule has 1 fully saturated rings. The first-order valence-electron chi connectivity index (χ1n) is 7.61. The highest BCUT2D eigenvalue weighted by molar-refractivity contribution is 5.85. The predicted octanol–water partition coefficient (Wildman–Crippen LogP) is 3.43. The Hall–Kier alpha value is -2.14. The minimum Gasteiger partial charge on any atom is -0.399 e. The van der Waals surface area contributed by atoms with Gasteiger partial charge in [0, 0.05) is 24.2 Å². The number of carbonyl (C=O) groups excluding carboxylic acids is 1. The summed E-state index contributed by atoms with van der Waals surface area (Å²) in [6, 6.07) is 11.0. The first-order chi connectivity index (χ1) is 11.0. The van der Waals surface area contributed by atoms with Crippen LogP contribution in [0.5, 0.6) is 0 Å². The molecule has 0 aromatic heterocycles. The summed E-state index contributed by atoms with van der Waals surface area (Å²) in [6.07, 6.45) is 1.32. The molecule has 6 heteroatoms. The Kier molecular flexibility index (Phi) is 5.78. The van der Waals surface area contributed by atoms with Gasteiger partial charge in [0.05, 0.1) is 0 Å². The molecule has 0 bridgehead atoms. The fraction of sp³-hybridized carbons (Fsp3) is 0.278. The number of nitrogens with two attached hydrogens (primary N) is 1. The maximum Gasteiger partial charge on any atom is 0.223 e. The second-order valence-corrected chi connectivity index (χ2v) is 5.90. The van der Waals surface area contributed by atoms with Gasteiger partial charge < -0.3 is 11.1 Å². The van der Waals surface area contributed by atoms with Gasteiger partial charge in [-0.2, -0.15) is 0 Å². The van der Waals surface area contributed by atoms with Crippen molar-refractivity contribution < 1.29 is 13.6 Å². The van der Waals surface area contributed by atoms with Crippen LogP contribution in [0.4, 0.5) is 14.5 Å². The zero-order chi connectivity index (χ0) is 16.4. The molecule has 0 saturated heterocycles. The fourth-order valence-corrected chi connectivity index (χ4v) is 2.78. The maximum absolute atomic E-state index is 13.7. The van der Waals surface area contributed by atoms with Gasteiger partial charge in [-0.05, 0) is 48.1 Å². The maximum atomic E-state index is 13.7. The number of nitrogen functional groups attached to an aromatic ring is 1. The molecular formula is C18H19ClF2N2O. The van der Waals surface area contributed by atoms with Crippen LogP contribution in [0.1, 0.15) is 23.5 Å². The van der Waals surface area contributed by atoms with Crippen molar-refractivity contribution in [2.45, 2.75) is 18.8 Å². The minimum atomic E-state index is -0.601. The molecular weight excluding hydrogens is 334 g/mol. The van der Waals surface area contributed by atoms with E-state index in [2.05, 4.69) is 5.32 Å². The van der Waals surface area contributed by atoms with Crippen molar-refractivity contribution in [3.05, 3.63) is 65.2 Å². The molecule has 1 aliphatic carbocycles. The largest absolute Gasteiger partial charge is 0.399 e. The number of benzene rings is 2. The third kappa shape index (κ3) is 4.23. The van der Waals surface area contributed by atoms with Crippen molar-refractivity contribution in [2.75, 3.05) is 12.3 Å². The minimum absolute atomic E-state index is 0. The quantitative estimate of drug-likeness (QED) is 0.810. The molecule has 2 unspecified atom stereocenters. The van der Waals surface area contributed by atoms with Crippen molar-refractivity contribution in [2.24, 2.45) is 5.92 Å². The average Bonchev–Trinajstić information content (AvgIpc) is 3.29. The summed E-state index contributed by atoms with van der Waals surface area (Å²) in [5, 5.41) is 2.87. The van der Waals surface area contributed by atoms with Crippen LogP contribution in [0.3, 0.4) is 0 Å². The molecule has 2 aromatic carbocycles. The Balaban J connectivity index is 0.00000208. The molecule has 3 rings (SSSR count). The van der Waals surface area contributed by atoms with Gasteiger partial charge in [-0.25, -0.2) is 8.78 Å². The summed E-state index contributed by atoms with van der Waals surface area (Å²) in [7, 11) is 0. The van der Waals surface area contributed by atoms with E-state index in [1.807, 2.05) is 24.3 Å². The summed E-state index contributed by atoms with van der Waals surface area (Å²) in [5.74, 6) is -1.62. The number of nitrogens with one attached hydrogen (secondary N) is 1. The lowest BCUT2D eigenvalue weighted by Crippen LogP contribution is -2.27. The molecule has 0 aliphatic heterocycles. The molecule has 0 heterocycles.